The molecule has 0 aromatic carbocycles. The lowest BCUT2D eigenvalue weighted by atomic mass is 9.92. The normalized spacial score (nSPS) is 10.9. The smallest absolute Gasteiger partial charge is 0.316 e. The maximum absolute atomic E-state index is 11.7. The number of thioether (sulfide) groups is 1. The van der Waals surface area contributed by atoms with Crippen molar-refractivity contribution in [1.82, 2.24) is 0 Å². The highest BCUT2D eigenvalue weighted by Crippen LogP contribution is 2.20. The molecule has 0 saturated heterocycles. The minimum Gasteiger partial charge on any atom is -0.464 e. The lowest BCUT2D eigenvalue weighted by Gasteiger charge is -2.30. The topological polar surface area (TPSA) is 116 Å². The van der Waals surface area contributed by atoms with E-state index in [1.165, 1.54) is 0 Å². The van der Waals surface area contributed by atoms with Crippen molar-refractivity contribution >= 4 is 72.7 Å². The van der Waals surface area contributed by atoms with Crippen LogP contribution < -0.4 is 0 Å². The molecule has 1 N–H and O–H groups in total. The number of aliphatic hydroxyl groups excluding tert-OH is 1. The van der Waals surface area contributed by atoms with Gasteiger partial charge < -0.3 is 19.3 Å². The molecular formula is C13H20O8S4. The molecule has 0 radical (unpaired) electrons. The van der Waals surface area contributed by atoms with E-state index in [2.05, 4.69) is 37.9 Å². The van der Waals surface area contributed by atoms with Crippen LogP contribution in [0, 0.1) is 5.41 Å². The summed E-state index contributed by atoms with van der Waals surface area (Å²) in [5, 5.41) is 9.34. The van der Waals surface area contributed by atoms with Crippen LogP contribution in [0.5, 0.6) is 0 Å². The van der Waals surface area contributed by atoms with Gasteiger partial charge in [0.1, 0.15) is 19.8 Å². The molecule has 0 aliphatic carbocycles. The van der Waals surface area contributed by atoms with Gasteiger partial charge in [0.2, 0.25) is 0 Å². The molecule has 0 spiro atoms. The molecule has 25 heavy (non-hydrogen) atoms. The summed E-state index contributed by atoms with van der Waals surface area (Å²) in [5.74, 6) is -2.61. The van der Waals surface area contributed by atoms with Gasteiger partial charge >= 0.3 is 17.9 Å². The quantitative estimate of drug-likeness (QED) is 0.186. The van der Waals surface area contributed by atoms with Crippen LogP contribution in [-0.4, -0.2) is 77.6 Å². The van der Waals surface area contributed by atoms with Gasteiger partial charge in [-0.15, -0.1) is 0 Å². The van der Waals surface area contributed by atoms with E-state index >= 15 is 0 Å². The Balaban J connectivity index is 4.78. The summed E-state index contributed by atoms with van der Waals surface area (Å²) in [6.07, 6.45) is 0. The van der Waals surface area contributed by atoms with Crippen LogP contribution in [0.4, 0.5) is 0 Å². The first kappa shape index (κ1) is 24.4. The van der Waals surface area contributed by atoms with Crippen molar-refractivity contribution in [2.45, 2.75) is 0 Å². The highest BCUT2D eigenvalue weighted by molar-refractivity contribution is 8.15. The van der Waals surface area contributed by atoms with Gasteiger partial charge in [-0.2, -0.15) is 37.9 Å². The van der Waals surface area contributed by atoms with Crippen molar-refractivity contribution in [3.63, 3.8) is 0 Å². The Bertz CT molecular complexity index is 451. The fourth-order valence-electron chi connectivity index (χ4n) is 1.28. The molecular weight excluding hydrogens is 412 g/mol. The number of thiol groups is 3. The van der Waals surface area contributed by atoms with E-state index in [1.807, 2.05) is 0 Å². The number of rotatable bonds is 12. The zero-order chi connectivity index (χ0) is 19.3. The summed E-state index contributed by atoms with van der Waals surface area (Å²) >= 11 is 12.0. The molecule has 0 bridgehead atoms. The zero-order valence-corrected chi connectivity index (χ0v) is 16.7. The molecule has 0 unspecified atom stereocenters. The van der Waals surface area contributed by atoms with Crippen LogP contribution in [0.2, 0.25) is 0 Å². The van der Waals surface area contributed by atoms with E-state index in [-0.39, 0.29) is 47.9 Å². The second-order valence-corrected chi connectivity index (χ2v) is 6.76. The number of hydrogen-bond acceptors (Lipinski definition) is 12. The molecule has 0 aromatic rings. The lowest BCUT2D eigenvalue weighted by Crippen LogP contribution is -2.43. The fraction of sp³-hybridized carbons (Fsp3) is 0.692. The van der Waals surface area contributed by atoms with Crippen molar-refractivity contribution < 1.29 is 38.5 Å². The first-order valence-corrected chi connectivity index (χ1v) is 9.76. The third-order valence-corrected chi connectivity index (χ3v) is 4.56. The average molecular weight is 433 g/mol. The maximum atomic E-state index is 11.7. The molecule has 0 atom stereocenters. The standard InChI is InChI=1S/C13H20O8S4/c14-5-13(6-19-9(15)1-22,7-20-10(16)2-23)8-21-11(17)4-25-12(18)3-24/h14,22-24H,1-8H2. The van der Waals surface area contributed by atoms with Gasteiger partial charge in [-0.05, 0) is 0 Å². The average Bonchev–Trinajstić information content (AvgIpc) is 2.64. The van der Waals surface area contributed by atoms with Gasteiger partial charge in [0, 0.05) is 0 Å². The molecule has 12 heteroatoms. The minimum absolute atomic E-state index is 0.0160. The summed E-state index contributed by atoms with van der Waals surface area (Å²) in [5.41, 5.74) is -1.33. The predicted molar refractivity (Wildman–Crippen MR) is 101 cm³/mol. The van der Waals surface area contributed by atoms with E-state index in [4.69, 9.17) is 14.2 Å². The first-order valence-electron chi connectivity index (χ1n) is 6.88. The second-order valence-electron chi connectivity index (χ2n) is 4.78. The van der Waals surface area contributed by atoms with Gasteiger partial charge in [0.05, 0.1) is 35.0 Å². The molecule has 0 aliphatic heterocycles. The number of ether oxygens (including phenoxy) is 3. The van der Waals surface area contributed by atoms with E-state index in [1.54, 1.807) is 0 Å². The van der Waals surface area contributed by atoms with Crippen molar-refractivity contribution in [2.24, 2.45) is 5.41 Å². The van der Waals surface area contributed by atoms with E-state index in [0.717, 1.165) is 11.8 Å². The largest absolute Gasteiger partial charge is 0.464 e. The molecule has 0 rings (SSSR count). The van der Waals surface area contributed by atoms with Gasteiger partial charge in [-0.1, -0.05) is 11.8 Å². The Morgan fingerprint density at radius 3 is 1.60 bits per heavy atom. The van der Waals surface area contributed by atoms with Crippen LogP contribution in [0.15, 0.2) is 0 Å². The summed E-state index contributed by atoms with van der Waals surface area (Å²) in [6.45, 7) is -1.65. The highest BCUT2D eigenvalue weighted by Gasteiger charge is 2.35. The number of esters is 3. The molecule has 144 valence electrons. The Hall–Kier alpha value is -0.560. The first-order chi connectivity index (χ1) is 11.8. The van der Waals surface area contributed by atoms with Crippen molar-refractivity contribution in [3.05, 3.63) is 0 Å². The lowest BCUT2D eigenvalue weighted by molar-refractivity contribution is -0.161. The number of aliphatic hydroxyl groups is 1. The van der Waals surface area contributed by atoms with Gasteiger partial charge in [0.15, 0.2) is 5.12 Å². The number of hydrogen-bond donors (Lipinski definition) is 4. The molecule has 0 aliphatic rings. The third-order valence-electron chi connectivity index (χ3n) is 2.69. The fourth-order valence-corrected chi connectivity index (χ4v) is 2.19. The van der Waals surface area contributed by atoms with Crippen LogP contribution in [0.3, 0.4) is 0 Å². The van der Waals surface area contributed by atoms with Gasteiger partial charge in [-0.3, -0.25) is 19.2 Å². The number of carbonyl (C=O) groups excluding carboxylic acids is 4. The van der Waals surface area contributed by atoms with E-state index in [0.29, 0.717) is 0 Å². The predicted octanol–water partition coefficient (Wildman–Crippen LogP) is -0.356. The van der Waals surface area contributed by atoms with Crippen LogP contribution in [0.25, 0.3) is 0 Å². The number of carbonyl (C=O) groups is 4. The molecule has 0 saturated carbocycles. The molecule has 0 amide bonds. The Morgan fingerprint density at radius 2 is 1.24 bits per heavy atom. The SMILES string of the molecule is O=C(CS)OCC(CO)(COC(=O)CS)COC(=O)CSC(=O)CS. The van der Waals surface area contributed by atoms with Crippen LogP contribution in [-0.2, 0) is 33.4 Å². The van der Waals surface area contributed by atoms with Gasteiger partial charge in [0.25, 0.3) is 0 Å². The molecule has 0 fully saturated rings. The van der Waals surface area contributed by atoms with Crippen LogP contribution >= 0.6 is 49.6 Å². The van der Waals surface area contributed by atoms with E-state index in [9.17, 15) is 24.3 Å². The highest BCUT2D eigenvalue weighted by atomic mass is 32.2. The Morgan fingerprint density at radius 1 is 0.800 bits per heavy atom. The Kier molecular flexibility index (Phi) is 13.3. The zero-order valence-electron chi connectivity index (χ0n) is 13.2. The molecule has 0 heterocycles. The molecule has 8 nitrogen and oxygen atoms in total. The van der Waals surface area contributed by atoms with E-state index < -0.39 is 29.9 Å². The minimum atomic E-state index is -1.33. The van der Waals surface area contributed by atoms with Gasteiger partial charge in [-0.25, -0.2) is 0 Å². The summed E-state index contributed by atoms with van der Waals surface area (Å²) in [6, 6.07) is 0. The maximum Gasteiger partial charge on any atom is 0.316 e. The Labute approximate surface area is 165 Å². The summed E-state index contributed by atoms with van der Waals surface area (Å²) in [7, 11) is 0. The third kappa shape index (κ3) is 10.9. The van der Waals surface area contributed by atoms with Crippen LogP contribution in [0.1, 0.15) is 0 Å². The summed E-state index contributed by atoms with van der Waals surface area (Å²) in [4.78, 5) is 45.3. The second kappa shape index (κ2) is 13.6. The van der Waals surface area contributed by atoms with Crippen molar-refractivity contribution in [1.29, 1.82) is 0 Å². The van der Waals surface area contributed by atoms with Crippen molar-refractivity contribution in [3.8, 4) is 0 Å². The summed E-state index contributed by atoms with van der Waals surface area (Å²) < 4.78 is 14.8. The monoisotopic (exact) mass is 432 g/mol. The van der Waals surface area contributed by atoms with Crippen molar-refractivity contribution in [2.75, 3.05) is 49.4 Å². The molecule has 0 aromatic heterocycles.